The van der Waals surface area contributed by atoms with Gasteiger partial charge in [0, 0.05) is 5.02 Å². The molecule has 0 amide bonds. The summed E-state index contributed by atoms with van der Waals surface area (Å²) in [5.74, 6) is 1.49. The maximum absolute atomic E-state index is 12.4. The number of halogens is 1. The maximum Gasteiger partial charge on any atom is 0.261 e. The minimum Gasteiger partial charge on any atom is -0.497 e. The number of hydrogen-bond acceptors (Lipinski definition) is 4. The molecule has 5 nitrogen and oxygen atoms in total. The highest BCUT2D eigenvalue weighted by Gasteiger charge is 2.05. The van der Waals surface area contributed by atoms with Crippen LogP contribution in [0.2, 0.25) is 5.02 Å². The van der Waals surface area contributed by atoms with E-state index in [0.29, 0.717) is 29.1 Å². The third-order valence-electron chi connectivity index (χ3n) is 3.45. The van der Waals surface area contributed by atoms with Crippen molar-refractivity contribution in [3.63, 3.8) is 0 Å². The molecule has 0 saturated carbocycles. The molecule has 0 fully saturated rings. The van der Waals surface area contributed by atoms with E-state index >= 15 is 0 Å². The molecular formula is C17H15ClN2O3. The van der Waals surface area contributed by atoms with E-state index in [2.05, 4.69) is 4.98 Å². The zero-order valence-corrected chi connectivity index (χ0v) is 13.3. The second-order valence-electron chi connectivity index (χ2n) is 4.93. The van der Waals surface area contributed by atoms with Gasteiger partial charge in [0.05, 0.1) is 30.9 Å². The molecule has 1 aromatic heterocycles. The quantitative estimate of drug-likeness (QED) is 0.721. The van der Waals surface area contributed by atoms with Gasteiger partial charge in [0.2, 0.25) is 0 Å². The molecule has 0 unspecified atom stereocenters. The second kappa shape index (κ2) is 6.71. The van der Waals surface area contributed by atoms with Crippen molar-refractivity contribution in [3.8, 4) is 11.5 Å². The lowest BCUT2D eigenvalue weighted by molar-refractivity contribution is 0.295. The number of fused-ring (bicyclic) bond motifs is 1. The molecule has 0 spiro atoms. The van der Waals surface area contributed by atoms with E-state index in [1.165, 1.54) is 10.9 Å². The van der Waals surface area contributed by atoms with Crippen molar-refractivity contribution in [2.24, 2.45) is 0 Å². The molecule has 0 N–H and O–H groups in total. The third-order valence-corrected chi connectivity index (χ3v) is 3.68. The van der Waals surface area contributed by atoms with Crippen molar-refractivity contribution < 1.29 is 9.47 Å². The molecule has 3 rings (SSSR count). The number of methoxy groups -OCH3 is 1. The van der Waals surface area contributed by atoms with Crippen LogP contribution in [0.5, 0.6) is 11.5 Å². The molecule has 0 saturated heterocycles. The Kier molecular flexibility index (Phi) is 4.48. The molecule has 0 aliphatic carbocycles. The highest BCUT2D eigenvalue weighted by Crippen LogP contribution is 2.17. The topological polar surface area (TPSA) is 53.4 Å². The van der Waals surface area contributed by atoms with Crippen LogP contribution in [0.3, 0.4) is 0 Å². The van der Waals surface area contributed by atoms with Crippen LogP contribution in [0.15, 0.2) is 53.6 Å². The summed E-state index contributed by atoms with van der Waals surface area (Å²) in [5.41, 5.74) is 0.502. The average Bonchev–Trinajstić information content (AvgIpc) is 2.58. The standard InChI is InChI=1S/C17H15ClN2O3/c1-22-13-3-5-14(6-4-13)23-9-8-20-11-19-16-7-2-12(18)10-15(16)17(20)21/h2-7,10-11H,8-9H2,1H3. The normalized spacial score (nSPS) is 10.7. The lowest BCUT2D eigenvalue weighted by Crippen LogP contribution is -2.23. The fourth-order valence-electron chi connectivity index (χ4n) is 2.22. The molecule has 118 valence electrons. The first kappa shape index (κ1) is 15.4. The first-order valence-corrected chi connectivity index (χ1v) is 7.47. The van der Waals surface area contributed by atoms with Crippen LogP contribution in [0.1, 0.15) is 0 Å². The lowest BCUT2D eigenvalue weighted by Gasteiger charge is -2.09. The van der Waals surface area contributed by atoms with Gasteiger partial charge in [-0.3, -0.25) is 9.36 Å². The van der Waals surface area contributed by atoms with Crippen molar-refractivity contribution in [3.05, 3.63) is 64.2 Å². The fourth-order valence-corrected chi connectivity index (χ4v) is 2.40. The van der Waals surface area contributed by atoms with Gasteiger partial charge in [-0.15, -0.1) is 0 Å². The molecule has 6 heteroatoms. The Morgan fingerprint density at radius 1 is 1.13 bits per heavy atom. The van der Waals surface area contributed by atoms with Gasteiger partial charge >= 0.3 is 0 Å². The van der Waals surface area contributed by atoms with Gasteiger partial charge in [0.1, 0.15) is 18.1 Å². The molecule has 0 aliphatic heterocycles. The van der Waals surface area contributed by atoms with Crippen molar-refractivity contribution in [2.45, 2.75) is 6.54 Å². The van der Waals surface area contributed by atoms with Gasteiger partial charge in [-0.1, -0.05) is 11.6 Å². The van der Waals surface area contributed by atoms with Gasteiger partial charge in [-0.25, -0.2) is 4.98 Å². The summed E-state index contributed by atoms with van der Waals surface area (Å²) in [6.07, 6.45) is 1.52. The van der Waals surface area contributed by atoms with E-state index in [9.17, 15) is 4.79 Å². The zero-order valence-electron chi connectivity index (χ0n) is 12.5. The summed E-state index contributed by atoms with van der Waals surface area (Å²) < 4.78 is 12.2. The molecule has 0 atom stereocenters. The highest BCUT2D eigenvalue weighted by molar-refractivity contribution is 6.31. The van der Waals surface area contributed by atoms with Gasteiger partial charge in [-0.05, 0) is 42.5 Å². The van der Waals surface area contributed by atoms with Crippen LogP contribution in [-0.4, -0.2) is 23.3 Å². The van der Waals surface area contributed by atoms with Crippen LogP contribution in [-0.2, 0) is 6.54 Å². The van der Waals surface area contributed by atoms with Gasteiger partial charge < -0.3 is 9.47 Å². The van der Waals surface area contributed by atoms with Crippen molar-refractivity contribution in [1.82, 2.24) is 9.55 Å². The van der Waals surface area contributed by atoms with E-state index in [1.54, 1.807) is 25.3 Å². The van der Waals surface area contributed by atoms with Crippen molar-refractivity contribution in [1.29, 1.82) is 0 Å². The number of aromatic nitrogens is 2. The van der Waals surface area contributed by atoms with E-state index in [1.807, 2.05) is 24.3 Å². The summed E-state index contributed by atoms with van der Waals surface area (Å²) in [5, 5.41) is 1.02. The predicted octanol–water partition coefficient (Wildman–Crippen LogP) is 3.14. The Morgan fingerprint density at radius 3 is 2.61 bits per heavy atom. The summed E-state index contributed by atoms with van der Waals surface area (Å²) in [7, 11) is 1.61. The minimum absolute atomic E-state index is 0.129. The van der Waals surface area contributed by atoms with Crippen LogP contribution >= 0.6 is 11.6 Å². The number of ether oxygens (including phenoxy) is 2. The van der Waals surface area contributed by atoms with E-state index in [-0.39, 0.29) is 5.56 Å². The maximum atomic E-state index is 12.4. The lowest BCUT2D eigenvalue weighted by atomic mass is 10.2. The number of nitrogens with zero attached hydrogens (tertiary/aromatic N) is 2. The van der Waals surface area contributed by atoms with Crippen molar-refractivity contribution in [2.75, 3.05) is 13.7 Å². The summed E-state index contributed by atoms with van der Waals surface area (Å²) in [6.45, 7) is 0.764. The largest absolute Gasteiger partial charge is 0.497 e. The minimum atomic E-state index is -0.129. The average molecular weight is 331 g/mol. The summed E-state index contributed by atoms with van der Waals surface area (Å²) in [4.78, 5) is 16.7. The van der Waals surface area contributed by atoms with Gasteiger partial charge in [0.25, 0.3) is 5.56 Å². The molecule has 0 bridgehead atoms. The van der Waals surface area contributed by atoms with E-state index in [0.717, 1.165) is 11.5 Å². The fraction of sp³-hybridized carbons (Fsp3) is 0.176. The Morgan fingerprint density at radius 2 is 1.87 bits per heavy atom. The number of rotatable bonds is 5. The third kappa shape index (κ3) is 3.46. The molecule has 0 radical (unpaired) electrons. The van der Waals surface area contributed by atoms with Crippen LogP contribution in [0.4, 0.5) is 0 Å². The molecule has 1 heterocycles. The number of benzene rings is 2. The Bertz CT molecular complexity index is 875. The van der Waals surface area contributed by atoms with Crippen LogP contribution in [0.25, 0.3) is 10.9 Å². The smallest absolute Gasteiger partial charge is 0.261 e. The van der Waals surface area contributed by atoms with Gasteiger partial charge in [-0.2, -0.15) is 0 Å². The first-order valence-electron chi connectivity index (χ1n) is 7.09. The Balaban J connectivity index is 1.71. The van der Waals surface area contributed by atoms with E-state index < -0.39 is 0 Å². The number of hydrogen-bond donors (Lipinski definition) is 0. The molecule has 3 aromatic rings. The van der Waals surface area contributed by atoms with Crippen LogP contribution in [0, 0.1) is 0 Å². The molecular weight excluding hydrogens is 316 g/mol. The highest BCUT2D eigenvalue weighted by atomic mass is 35.5. The second-order valence-corrected chi connectivity index (χ2v) is 5.37. The Labute approximate surface area is 138 Å². The zero-order chi connectivity index (χ0) is 16.2. The summed E-state index contributed by atoms with van der Waals surface area (Å²) >= 11 is 5.94. The monoisotopic (exact) mass is 330 g/mol. The molecule has 2 aromatic carbocycles. The molecule has 23 heavy (non-hydrogen) atoms. The molecule has 0 aliphatic rings. The first-order chi connectivity index (χ1) is 11.2. The van der Waals surface area contributed by atoms with Gasteiger partial charge in [0.15, 0.2) is 0 Å². The summed E-state index contributed by atoms with van der Waals surface area (Å²) in [6, 6.07) is 12.4. The SMILES string of the molecule is COc1ccc(OCCn2cnc3ccc(Cl)cc3c2=O)cc1. The van der Waals surface area contributed by atoms with Crippen LogP contribution < -0.4 is 15.0 Å². The van der Waals surface area contributed by atoms with E-state index in [4.69, 9.17) is 21.1 Å². The predicted molar refractivity (Wildman–Crippen MR) is 89.5 cm³/mol. The van der Waals surface area contributed by atoms with Crippen molar-refractivity contribution >= 4 is 22.5 Å². The Hall–Kier alpha value is -2.53.